The molecule has 1 aromatic carbocycles. The van der Waals surface area contributed by atoms with Crippen LogP contribution in [0.4, 0.5) is 0 Å². The summed E-state index contributed by atoms with van der Waals surface area (Å²) in [6, 6.07) is 4.87. The molecule has 0 saturated carbocycles. The van der Waals surface area contributed by atoms with Gasteiger partial charge < -0.3 is 9.84 Å². The van der Waals surface area contributed by atoms with E-state index in [9.17, 15) is 9.59 Å². The molecule has 0 amide bonds. The summed E-state index contributed by atoms with van der Waals surface area (Å²) in [7, 11) is 0. The fourth-order valence-corrected chi connectivity index (χ4v) is 1.80. The highest BCUT2D eigenvalue weighted by Gasteiger charge is 2.18. The minimum atomic E-state index is -1.27. The van der Waals surface area contributed by atoms with E-state index in [0.717, 1.165) is 0 Å². The first kappa shape index (κ1) is 9.59. The SMILES string of the molecule is O=C(O)c1cn2c3c(cccc3c1=O)OC=N2. The number of pyridine rings is 1. The van der Waals surface area contributed by atoms with E-state index in [1.54, 1.807) is 18.2 Å². The van der Waals surface area contributed by atoms with Gasteiger partial charge >= 0.3 is 5.97 Å². The summed E-state index contributed by atoms with van der Waals surface area (Å²) in [5, 5.41) is 13.1. The molecule has 0 atom stereocenters. The van der Waals surface area contributed by atoms with Crippen molar-refractivity contribution in [3.8, 4) is 5.75 Å². The molecular weight excluding hydrogens is 224 g/mol. The molecule has 1 aliphatic heterocycles. The van der Waals surface area contributed by atoms with Gasteiger partial charge in [-0.1, -0.05) is 6.07 Å². The first-order chi connectivity index (χ1) is 8.18. The van der Waals surface area contributed by atoms with Gasteiger partial charge in [0.15, 0.2) is 12.2 Å². The number of para-hydroxylation sites is 1. The van der Waals surface area contributed by atoms with Gasteiger partial charge in [-0.25, -0.2) is 9.47 Å². The zero-order valence-corrected chi connectivity index (χ0v) is 8.45. The highest BCUT2D eigenvalue weighted by molar-refractivity contribution is 5.95. The van der Waals surface area contributed by atoms with Gasteiger partial charge in [0.1, 0.15) is 11.1 Å². The quantitative estimate of drug-likeness (QED) is 0.788. The molecule has 3 rings (SSSR count). The highest BCUT2D eigenvalue weighted by Crippen LogP contribution is 2.25. The van der Waals surface area contributed by atoms with Gasteiger partial charge in [0.2, 0.25) is 5.43 Å². The number of carboxylic acid groups (broad SMARTS) is 1. The van der Waals surface area contributed by atoms with Gasteiger partial charge in [0.25, 0.3) is 0 Å². The van der Waals surface area contributed by atoms with E-state index in [2.05, 4.69) is 5.10 Å². The number of hydrogen-bond donors (Lipinski definition) is 1. The minimum Gasteiger partial charge on any atom is -0.477 e. The van der Waals surface area contributed by atoms with E-state index in [0.29, 0.717) is 11.3 Å². The van der Waals surface area contributed by atoms with Crippen molar-refractivity contribution in [2.24, 2.45) is 5.10 Å². The molecule has 0 spiro atoms. The molecule has 84 valence electrons. The lowest BCUT2D eigenvalue weighted by Gasteiger charge is -2.13. The summed E-state index contributed by atoms with van der Waals surface area (Å²) in [6.07, 6.45) is 2.38. The Kier molecular flexibility index (Phi) is 1.79. The van der Waals surface area contributed by atoms with E-state index < -0.39 is 11.4 Å². The Morgan fingerprint density at radius 2 is 2.24 bits per heavy atom. The number of nitrogens with zero attached hydrogens (tertiary/aromatic N) is 2. The van der Waals surface area contributed by atoms with Crippen molar-refractivity contribution in [1.82, 2.24) is 4.68 Å². The van der Waals surface area contributed by atoms with Gasteiger partial charge in [0.05, 0.1) is 5.39 Å². The molecule has 6 heteroatoms. The normalized spacial score (nSPS) is 12.5. The molecule has 1 N–H and O–H groups in total. The van der Waals surface area contributed by atoms with E-state index in [4.69, 9.17) is 9.84 Å². The lowest BCUT2D eigenvalue weighted by Crippen LogP contribution is -2.19. The molecular formula is C11H6N2O4. The van der Waals surface area contributed by atoms with Crippen molar-refractivity contribution in [3.63, 3.8) is 0 Å². The van der Waals surface area contributed by atoms with Crippen molar-refractivity contribution in [2.45, 2.75) is 0 Å². The Labute approximate surface area is 94.4 Å². The molecule has 0 aliphatic carbocycles. The van der Waals surface area contributed by atoms with E-state index in [-0.39, 0.29) is 10.9 Å². The van der Waals surface area contributed by atoms with Crippen LogP contribution in [0.15, 0.2) is 34.3 Å². The molecule has 2 aromatic rings. The zero-order chi connectivity index (χ0) is 12.0. The minimum absolute atomic E-state index is 0.277. The number of rotatable bonds is 1. The monoisotopic (exact) mass is 230 g/mol. The smallest absolute Gasteiger partial charge is 0.341 e. The number of hydrogen-bond acceptors (Lipinski definition) is 4. The van der Waals surface area contributed by atoms with Crippen LogP contribution < -0.4 is 10.2 Å². The van der Waals surface area contributed by atoms with E-state index >= 15 is 0 Å². The lowest BCUT2D eigenvalue weighted by atomic mass is 10.1. The van der Waals surface area contributed by atoms with Crippen LogP contribution in [0.5, 0.6) is 5.75 Å². The Bertz CT molecular complexity index is 730. The number of carboxylic acids is 1. The first-order valence-electron chi connectivity index (χ1n) is 4.79. The van der Waals surface area contributed by atoms with Gasteiger partial charge in [-0.15, -0.1) is 5.10 Å². The molecule has 0 bridgehead atoms. The number of ether oxygens (including phenoxy) is 1. The number of benzene rings is 1. The molecule has 0 fully saturated rings. The van der Waals surface area contributed by atoms with Gasteiger partial charge in [-0.05, 0) is 12.1 Å². The summed E-state index contributed by atoms with van der Waals surface area (Å²) in [5.74, 6) is -0.792. The van der Waals surface area contributed by atoms with Crippen LogP contribution in [0.25, 0.3) is 10.9 Å². The first-order valence-corrected chi connectivity index (χ1v) is 4.79. The fourth-order valence-electron chi connectivity index (χ4n) is 1.80. The predicted molar refractivity (Wildman–Crippen MR) is 59.7 cm³/mol. The maximum atomic E-state index is 11.9. The van der Waals surface area contributed by atoms with E-state index in [1.165, 1.54) is 17.3 Å². The number of carbonyl (C=O) groups is 1. The third-order valence-electron chi connectivity index (χ3n) is 2.55. The summed E-state index contributed by atoms with van der Waals surface area (Å²) < 4.78 is 6.48. The Morgan fingerprint density at radius 1 is 1.41 bits per heavy atom. The van der Waals surface area contributed by atoms with Crippen LogP contribution in [0.3, 0.4) is 0 Å². The molecule has 6 nitrogen and oxygen atoms in total. The molecule has 1 aliphatic rings. The maximum absolute atomic E-state index is 11.9. The van der Waals surface area contributed by atoms with Crippen LogP contribution >= 0.6 is 0 Å². The van der Waals surface area contributed by atoms with E-state index in [1.807, 2.05) is 0 Å². The number of aromatic nitrogens is 1. The van der Waals surface area contributed by atoms with Crippen molar-refractivity contribution in [1.29, 1.82) is 0 Å². The second-order valence-corrected chi connectivity index (χ2v) is 3.51. The molecule has 0 saturated heterocycles. The van der Waals surface area contributed by atoms with Crippen LogP contribution in [0.1, 0.15) is 10.4 Å². The summed E-state index contributed by atoms with van der Waals surface area (Å²) in [4.78, 5) is 22.9. The summed E-state index contributed by atoms with van der Waals surface area (Å²) in [6.45, 7) is 0. The van der Waals surface area contributed by atoms with Gasteiger partial charge in [-0.3, -0.25) is 4.79 Å². The van der Waals surface area contributed by atoms with Crippen LogP contribution in [0.2, 0.25) is 0 Å². The third kappa shape index (κ3) is 1.24. The van der Waals surface area contributed by atoms with Crippen LogP contribution in [-0.2, 0) is 0 Å². The predicted octanol–water partition coefficient (Wildman–Crippen LogP) is 0.883. The van der Waals surface area contributed by atoms with Crippen molar-refractivity contribution in [2.75, 3.05) is 0 Å². The average Bonchev–Trinajstić information content (AvgIpc) is 2.33. The van der Waals surface area contributed by atoms with Crippen LogP contribution in [-0.4, -0.2) is 22.2 Å². The standard InChI is InChI=1S/C11H6N2O4/c14-10-6-2-1-3-8-9(6)13(12-5-17-8)4-7(10)11(15)16/h1-5H,(H,15,16). The largest absolute Gasteiger partial charge is 0.477 e. The molecule has 0 unspecified atom stereocenters. The lowest BCUT2D eigenvalue weighted by molar-refractivity contribution is 0.0695. The number of aromatic carboxylic acids is 1. The Balaban J connectivity index is 2.55. The van der Waals surface area contributed by atoms with Gasteiger partial charge in [0, 0.05) is 6.20 Å². The molecule has 1 aromatic heterocycles. The zero-order valence-electron chi connectivity index (χ0n) is 8.45. The van der Waals surface area contributed by atoms with Crippen molar-refractivity contribution < 1.29 is 14.6 Å². The molecule has 2 heterocycles. The molecule has 17 heavy (non-hydrogen) atoms. The third-order valence-corrected chi connectivity index (χ3v) is 2.55. The average molecular weight is 230 g/mol. The Hall–Kier alpha value is -2.63. The highest BCUT2D eigenvalue weighted by atomic mass is 16.5. The van der Waals surface area contributed by atoms with Gasteiger partial charge in [-0.2, -0.15) is 0 Å². The second-order valence-electron chi connectivity index (χ2n) is 3.51. The summed E-state index contributed by atoms with van der Waals surface area (Å²) >= 11 is 0. The van der Waals surface area contributed by atoms with Crippen molar-refractivity contribution >= 4 is 23.3 Å². The second kappa shape index (κ2) is 3.18. The fraction of sp³-hybridized carbons (Fsp3) is 0. The van der Waals surface area contributed by atoms with Crippen LogP contribution in [0, 0.1) is 0 Å². The Morgan fingerprint density at radius 3 is 3.00 bits per heavy atom. The summed E-state index contributed by atoms with van der Waals surface area (Å²) in [5.41, 5.74) is -0.370. The maximum Gasteiger partial charge on any atom is 0.341 e. The molecule has 0 radical (unpaired) electrons. The van der Waals surface area contributed by atoms with Crippen molar-refractivity contribution in [3.05, 3.63) is 40.2 Å². The topological polar surface area (TPSA) is 80.9 Å².